The van der Waals surface area contributed by atoms with E-state index in [0.717, 1.165) is 10.0 Å². The first-order chi connectivity index (χ1) is 8.29. The first kappa shape index (κ1) is 15.3. The average Bonchev–Trinajstić information content (AvgIpc) is 2.24. The van der Waals surface area contributed by atoms with E-state index in [4.69, 9.17) is 10.5 Å². The van der Waals surface area contributed by atoms with Crippen LogP contribution in [0.1, 0.15) is 18.5 Å². The van der Waals surface area contributed by atoms with Crippen LogP contribution in [0.25, 0.3) is 0 Å². The molecular formula is C11H13BrF3NO2. The molecule has 102 valence electrons. The molecule has 0 aliphatic carbocycles. The number of ether oxygens (including phenoxy) is 2. The van der Waals surface area contributed by atoms with Gasteiger partial charge >= 0.3 is 6.36 Å². The second-order valence-corrected chi connectivity index (χ2v) is 4.53. The monoisotopic (exact) mass is 327 g/mol. The van der Waals surface area contributed by atoms with Gasteiger partial charge in [-0.2, -0.15) is 0 Å². The Morgan fingerprint density at radius 3 is 2.56 bits per heavy atom. The van der Waals surface area contributed by atoms with E-state index in [1.54, 1.807) is 25.1 Å². The Hall–Kier alpha value is -0.790. The van der Waals surface area contributed by atoms with E-state index < -0.39 is 13.0 Å². The van der Waals surface area contributed by atoms with Gasteiger partial charge in [0, 0.05) is 16.1 Å². The lowest BCUT2D eigenvalue weighted by molar-refractivity contribution is -0.325. The van der Waals surface area contributed by atoms with E-state index in [-0.39, 0.29) is 12.6 Å². The van der Waals surface area contributed by atoms with Gasteiger partial charge in [0.1, 0.15) is 12.4 Å². The molecule has 0 amide bonds. The Labute approximate surface area is 111 Å². The Bertz CT molecular complexity index is 396. The summed E-state index contributed by atoms with van der Waals surface area (Å²) in [6.07, 6.45) is -4.63. The fraction of sp³-hybridized carbons (Fsp3) is 0.455. The lowest BCUT2D eigenvalue weighted by Crippen LogP contribution is -2.18. The summed E-state index contributed by atoms with van der Waals surface area (Å²) in [7, 11) is 0. The average molecular weight is 328 g/mol. The summed E-state index contributed by atoms with van der Waals surface area (Å²) in [6, 6.07) is 4.87. The molecule has 0 fully saturated rings. The summed E-state index contributed by atoms with van der Waals surface area (Å²) < 4.78 is 44.9. The summed E-state index contributed by atoms with van der Waals surface area (Å²) in [5, 5.41) is 0. The van der Waals surface area contributed by atoms with Crippen molar-refractivity contribution in [1.29, 1.82) is 0 Å². The van der Waals surface area contributed by atoms with Gasteiger partial charge in [0.25, 0.3) is 0 Å². The van der Waals surface area contributed by atoms with E-state index in [1.807, 2.05) is 0 Å². The quantitative estimate of drug-likeness (QED) is 0.843. The van der Waals surface area contributed by atoms with Crippen molar-refractivity contribution in [3.05, 3.63) is 28.2 Å². The highest BCUT2D eigenvalue weighted by Crippen LogP contribution is 2.27. The fourth-order valence-electron chi connectivity index (χ4n) is 1.32. The van der Waals surface area contributed by atoms with E-state index in [0.29, 0.717) is 5.75 Å². The van der Waals surface area contributed by atoms with Crippen molar-refractivity contribution >= 4 is 15.9 Å². The first-order valence-corrected chi connectivity index (χ1v) is 5.97. The van der Waals surface area contributed by atoms with Gasteiger partial charge in [0.15, 0.2) is 0 Å². The molecule has 3 nitrogen and oxygen atoms in total. The van der Waals surface area contributed by atoms with Crippen molar-refractivity contribution in [2.24, 2.45) is 5.73 Å². The largest absolute Gasteiger partial charge is 0.522 e. The van der Waals surface area contributed by atoms with Crippen LogP contribution in [0.4, 0.5) is 13.2 Å². The van der Waals surface area contributed by atoms with Gasteiger partial charge in [0.2, 0.25) is 0 Å². The van der Waals surface area contributed by atoms with Crippen molar-refractivity contribution in [3.8, 4) is 5.75 Å². The fourth-order valence-corrected chi connectivity index (χ4v) is 1.69. The molecule has 1 aromatic rings. The maximum Gasteiger partial charge on any atom is 0.522 e. The summed E-state index contributed by atoms with van der Waals surface area (Å²) in [6.45, 7) is 1.01. The van der Waals surface area contributed by atoms with Crippen molar-refractivity contribution in [1.82, 2.24) is 0 Å². The van der Waals surface area contributed by atoms with E-state index in [1.165, 1.54) is 0 Å². The molecule has 2 N–H and O–H groups in total. The number of benzene rings is 1. The third kappa shape index (κ3) is 5.24. The number of hydrogen-bond acceptors (Lipinski definition) is 3. The molecule has 1 atom stereocenters. The van der Waals surface area contributed by atoms with Crippen molar-refractivity contribution < 1.29 is 22.6 Å². The van der Waals surface area contributed by atoms with E-state index in [9.17, 15) is 13.2 Å². The predicted molar refractivity (Wildman–Crippen MR) is 64.2 cm³/mol. The molecule has 0 saturated heterocycles. The molecule has 0 aliphatic heterocycles. The molecule has 18 heavy (non-hydrogen) atoms. The molecule has 0 bridgehead atoms. The lowest BCUT2D eigenvalue weighted by atomic mass is 10.1. The smallest absolute Gasteiger partial charge is 0.491 e. The van der Waals surface area contributed by atoms with Gasteiger partial charge in [-0.25, -0.2) is 0 Å². The maximum absolute atomic E-state index is 11.7. The number of halogens is 4. The number of hydrogen-bond donors (Lipinski definition) is 1. The van der Waals surface area contributed by atoms with E-state index in [2.05, 4.69) is 20.7 Å². The van der Waals surface area contributed by atoms with Gasteiger partial charge in [-0.3, -0.25) is 4.74 Å². The van der Waals surface area contributed by atoms with Gasteiger partial charge in [-0.15, -0.1) is 13.2 Å². The van der Waals surface area contributed by atoms with Crippen molar-refractivity contribution in [2.45, 2.75) is 19.3 Å². The number of alkyl halides is 3. The summed E-state index contributed by atoms with van der Waals surface area (Å²) in [5.41, 5.74) is 6.46. The third-order valence-electron chi connectivity index (χ3n) is 2.07. The minimum absolute atomic E-state index is 0.194. The van der Waals surface area contributed by atoms with Crippen LogP contribution in [-0.2, 0) is 4.74 Å². The Morgan fingerprint density at radius 1 is 1.33 bits per heavy atom. The number of nitrogens with two attached hydrogens (primary N) is 1. The SMILES string of the molecule is C[C@@H](N)c1cc(Br)ccc1OCCOC(F)(F)F. The predicted octanol–water partition coefficient (Wildman–Crippen LogP) is 3.38. The van der Waals surface area contributed by atoms with E-state index >= 15 is 0 Å². The lowest BCUT2D eigenvalue weighted by Gasteiger charge is -2.15. The summed E-state index contributed by atoms with van der Waals surface area (Å²) >= 11 is 3.29. The van der Waals surface area contributed by atoms with Crippen molar-refractivity contribution in [2.75, 3.05) is 13.2 Å². The van der Waals surface area contributed by atoms with Crippen molar-refractivity contribution in [3.63, 3.8) is 0 Å². The first-order valence-electron chi connectivity index (χ1n) is 5.18. The van der Waals surface area contributed by atoms with Crippen LogP contribution < -0.4 is 10.5 Å². The molecule has 0 aromatic heterocycles. The molecule has 7 heteroatoms. The molecule has 1 rings (SSSR count). The highest BCUT2D eigenvalue weighted by molar-refractivity contribution is 9.10. The summed E-state index contributed by atoms with van der Waals surface area (Å²) in [5.74, 6) is 0.457. The second-order valence-electron chi connectivity index (χ2n) is 3.61. The molecule has 1 aromatic carbocycles. The molecular weight excluding hydrogens is 315 g/mol. The standard InChI is InChI=1S/C11H13BrF3NO2/c1-7(16)9-6-8(12)2-3-10(9)17-4-5-18-11(13,14)15/h2-3,6-7H,4-5,16H2,1H3/t7-/m1/s1. The molecule has 0 unspecified atom stereocenters. The number of rotatable bonds is 5. The van der Waals surface area contributed by atoms with Crippen LogP contribution in [0.5, 0.6) is 5.75 Å². The van der Waals surface area contributed by atoms with Crippen LogP contribution in [0.3, 0.4) is 0 Å². The van der Waals surface area contributed by atoms with Crippen LogP contribution >= 0.6 is 15.9 Å². The van der Waals surface area contributed by atoms with Gasteiger partial charge in [-0.1, -0.05) is 15.9 Å². The minimum atomic E-state index is -4.63. The molecule has 0 saturated carbocycles. The second kappa shape index (κ2) is 6.40. The third-order valence-corrected chi connectivity index (χ3v) is 2.56. The zero-order chi connectivity index (χ0) is 13.8. The minimum Gasteiger partial charge on any atom is -0.491 e. The van der Waals surface area contributed by atoms with Crippen LogP contribution in [0.2, 0.25) is 0 Å². The highest BCUT2D eigenvalue weighted by Gasteiger charge is 2.28. The summed E-state index contributed by atoms with van der Waals surface area (Å²) in [4.78, 5) is 0. The Balaban J connectivity index is 2.57. The molecule has 0 heterocycles. The normalized spacial score (nSPS) is 13.4. The molecule has 0 radical (unpaired) electrons. The molecule has 0 aliphatic rings. The topological polar surface area (TPSA) is 44.5 Å². The zero-order valence-electron chi connectivity index (χ0n) is 9.63. The Kier molecular flexibility index (Phi) is 5.43. The van der Waals surface area contributed by atoms with Gasteiger partial charge < -0.3 is 10.5 Å². The zero-order valence-corrected chi connectivity index (χ0v) is 11.2. The van der Waals surface area contributed by atoms with Crippen LogP contribution in [0.15, 0.2) is 22.7 Å². The maximum atomic E-state index is 11.7. The van der Waals surface area contributed by atoms with Gasteiger partial charge in [-0.05, 0) is 25.1 Å². The van der Waals surface area contributed by atoms with Crippen LogP contribution in [-0.4, -0.2) is 19.6 Å². The van der Waals surface area contributed by atoms with Gasteiger partial charge in [0.05, 0.1) is 6.61 Å². The Morgan fingerprint density at radius 2 is 2.00 bits per heavy atom. The van der Waals surface area contributed by atoms with Crippen LogP contribution in [0, 0.1) is 0 Å². The molecule has 0 spiro atoms. The highest BCUT2D eigenvalue weighted by atomic mass is 79.9.